The minimum absolute atomic E-state index is 0.0216. The lowest BCUT2D eigenvalue weighted by molar-refractivity contribution is 0.0745. The summed E-state index contributed by atoms with van der Waals surface area (Å²) in [7, 11) is 1.62. The van der Waals surface area contributed by atoms with E-state index in [4.69, 9.17) is 9.15 Å². The van der Waals surface area contributed by atoms with Crippen molar-refractivity contribution < 1.29 is 13.9 Å². The number of benzene rings is 2. The molecule has 32 heavy (non-hydrogen) atoms. The number of nitriles is 1. The van der Waals surface area contributed by atoms with Gasteiger partial charge in [0, 0.05) is 37.8 Å². The molecule has 0 aliphatic carbocycles. The van der Waals surface area contributed by atoms with Crippen LogP contribution in [-0.2, 0) is 0 Å². The summed E-state index contributed by atoms with van der Waals surface area (Å²) in [6.45, 7) is 4.21. The van der Waals surface area contributed by atoms with Gasteiger partial charge in [0.2, 0.25) is 17.5 Å². The number of oxazole rings is 1. The second kappa shape index (κ2) is 9.40. The number of methoxy groups -OCH3 is 1. The summed E-state index contributed by atoms with van der Waals surface area (Å²) in [6.07, 6.45) is 3.59. The van der Waals surface area contributed by atoms with Gasteiger partial charge in [-0.2, -0.15) is 10.2 Å². The van der Waals surface area contributed by atoms with Crippen LogP contribution in [0.5, 0.6) is 5.75 Å². The summed E-state index contributed by atoms with van der Waals surface area (Å²) >= 11 is 0. The first-order chi connectivity index (χ1) is 15.6. The van der Waals surface area contributed by atoms with Crippen LogP contribution >= 0.6 is 0 Å². The second-order valence-electron chi connectivity index (χ2n) is 7.58. The van der Waals surface area contributed by atoms with Crippen LogP contribution in [0.25, 0.3) is 12.2 Å². The SMILES string of the molecule is COc1cccc(C=Cc2nc(C#N)c(N3CCN(C(=O)c4cccc(C)c4)CC3)o2)c1. The first-order valence-electron chi connectivity index (χ1n) is 10.4. The minimum atomic E-state index is 0.0216. The lowest BCUT2D eigenvalue weighted by Crippen LogP contribution is -2.48. The number of hydrogen-bond donors (Lipinski definition) is 0. The Labute approximate surface area is 187 Å². The maximum Gasteiger partial charge on any atom is 0.253 e. The molecule has 1 aliphatic rings. The van der Waals surface area contributed by atoms with E-state index in [0.29, 0.717) is 43.5 Å². The van der Waals surface area contributed by atoms with Gasteiger partial charge in [-0.05, 0) is 42.8 Å². The molecule has 2 heterocycles. The van der Waals surface area contributed by atoms with Crippen LogP contribution in [0.4, 0.5) is 5.88 Å². The molecule has 0 saturated carbocycles. The van der Waals surface area contributed by atoms with Crippen molar-refractivity contribution in [2.45, 2.75) is 6.92 Å². The summed E-state index contributed by atoms with van der Waals surface area (Å²) in [6, 6.07) is 17.3. The highest BCUT2D eigenvalue weighted by Gasteiger charge is 2.26. The van der Waals surface area contributed by atoms with E-state index in [1.807, 2.05) is 71.3 Å². The number of ether oxygens (including phenoxy) is 1. The monoisotopic (exact) mass is 428 g/mol. The van der Waals surface area contributed by atoms with E-state index < -0.39 is 0 Å². The average molecular weight is 428 g/mol. The molecule has 0 unspecified atom stereocenters. The van der Waals surface area contributed by atoms with Crippen LogP contribution in [0, 0.1) is 18.3 Å². The maximum atomic E-state index is 12.8. The number of aryl methyl sites for hydroxylation is 1. The third-order valence-corrected chi connectivity index (χ3v) is 5.36. The maximum absolute atomic E-state index is 12.8. The molecule has 7 nitrogen and oxygen atoms in total. The summed E-state index contributed by atoms with van der Waals surface area (Å²) in [5, 5.41) is 9.53. The Kier molecular flexibility index (Phi) is 6.22. The highest BCUT2D eigenvalue weighted by atomic mass is 16.5. The number of rotatable bonds is 5. The Morgan fingerprint density at radius 3 is 2.62 bits per heavy atom. The van der Waals surface area contributed by atoms with Crippen LogP contribution in [-0.4, -0.2) is 49.1 Å². The molecule has 2 aromatic carbocycles. The van der Waals surface area contributed by atoms with Gasteiger partial charge in [-0.3, -0.25) is 4.79 Å². The fraction of sp³-hybridized carbons (Fsp3) is 0.240. The molecule has 3 aromatic rings. The Bertz CT molecular complexity index is 1180. The van der Waals surface area contributed by atoms with Crippen LogP contribution in [0.1, 0.15) is 33.1 Å². The van der Waals surface area contributed by atoms with Gasteiger partial charge in [0.15, 0.2) is 0 Å². The zero-order valence-corrected chi connectivity index (χ0v) is 18.1. The van der Waals surface area contributed by atoms with E-state index in [1.165, 1.54) is 0 Å². The summed E-state index contributed by atoms with van der Waals surface area (Å²) in [4.78, 5) is 20.9. The molecule has 0 spiro atoms. The molecule has 0 radical (unpaired) electrons. The molecule has 4 rings (SSSR count). The number of carbonyl (C=O) groups is 1. The van der Waals surface area contributed by atoms with Crippen molar-refractivity contribution in [2.75, 3.05) is 38.2 Å². The normalized spacial score (nSPS) is 13.9. The third-order valence-electron chi connectivity index (χ3n) is 5.36. The predicted octanol–water partition coefficient (Wildman–Crippen LogP) is 4.00. The lowest BCUT2D eigenvalue weighted by Gasteiger charge is -2.34. The molecular formula is C25H24N4O3. The number of piperazine rings is 1. The highest BCUT2D eigenvalue weighted by Crippen LogP contribution is 2.25. The molecule has 7 heteroatoms. The largest absolute Gasteiger partial charge is 0.497 e. The molecular weight excluding hydrogens is 404 g/mol. The molecule has 1 aromatic heterocycles. The van der Waals surface area contributed by atoms with E-state index in [2.05, 4.69) is 11.1 Å². The lowest BCUT2D eigenvalue weighted by atomic mass is 10.1. The van der Waals surface area contributed by atoms with Crippen molar-refractivity contribution in [1.29, 1.82) is 5.26 Å². The number of amides is 1. The van der Waals surface area contributed by atoms with Gasteiger partial charge in [0.1, 0.15) is 11.8 Å². The quantitative estimate of drug-likeness (QED) is 0.611. The molecule has 162 valence electrons. The van der Waals surface area contributed by atoms with E-state index >= 15 is 0 Å². The number of carbonyl (C=O) groups excluding carboxylic acids is 1. The van der Waals surface area contributed by atoms with Crippen LogP contribution in [0.3, 0.4) is 0 Å². The smallest absolute Gasteiger partial charge is 0.253 e. The standard InChI is InChI=1S/C25H24N4O3/c1-18-5-3-7-20(15-18)24(30)28-11-13-29(14-12-28)25-22(17-26)27-23(32-25)10-9-19-6-4-8-21(16-19)31-2/h3-10,15-16H,11-14H2,1-2H3. The Balaban J connectivity index is 1.44. The summed E-state index contributed by atoms with van der Waals surface area (Å²) < 4.78 is 11.1. The fourth-order valence-electron chi connectivity index (χ4n) is 3.67. The molecule has 0 atom stereocenters. The van der Waals surface area contributed by atoms with Gasteiger partial charge in [-0.15, -0.1) is 0 Å². The van der Waals surface area contributed by atoms with Gasteiger partial charge in [0.05, 0.1) is 7.11 Å². The average Bonchev–Trinajstić information content (AvgIpc) is 3.26. The molecule has 0 N–H and O–H groups in total. The minimum Gasteiger partial charge on any atom is -0.497 e. The third kappa shape index (κ3) is 4.65. The number of anilines is 1. The number of hydrogen-bond acceptors (Lipinski definition) is 6. The van der Waals surface area contributed by atoms with Gasteiger partial charge in [-0.1, -0.05) is 29.8 Å². The molecule has 1 aliphatic heterocycles. The van der Waals surface area contributed by atoms with Crippen molar-refractivity contribution in [1.82, 2.24) is 9.88 Å². The fourth-order valence-corrected chi connectivity index (χ4v) is 3.67. The van der Waals surface area contributed by atoms with Gasteiger partial charge in [0.25, 0.3) is 5.91 Å². The van der Waals surface area contributed by atoms with E-state index in [0.717, 1.165) is 16.9 Å². The molecule has 1 fully saturated rings. The van der Waals surface area contributed by atoms with Crippen molar-refractivity contribution in [3.63, 3.8) is 0 Å². The van der Waals surface area contributed by atoms with Crippen LogP contribution in [0.2, 0.25) is 0 Å². The zero-order valence-electron chi connectivity index (χ0n) is 18.1. The van der Waals surface area contributed by atoms with E-state index in [9.17, 15) is 10.1 Å². The Hall–Kier alpha value is -4.05. The van der Waals surface area contributed by atoms with Gasteiger partial charge in [-0.25, -0.2) is 0 Å². The first-order valence-corrected chi connectivity index (χ1v) is 10.4. The first kappa shape index (κ1) is 21.2. The van der Waals surface area contributed by atoms with Gasteiger partial charge < -0.3 is 19.0 Å². The summed E-state index contributed by atoms with van der Waals surface area (Å²) in [5.74, 6) is 1.59. The molecule has 0 bridgehead atoms. The van der Waals surface area contributed by atoms with E-state index in [1.54, 1.807) is 13.2 Å². The topological polar surface area (TPSA) is 82.6 Å². The molecule has 1 saturated heterocycles. The van der Waals surface area contributed by atoms with Crippen LogP contribution in [0.15, 0.2) is 52.9 Å². The predicted molar refractivity (Wildman–Crippen MR) is 122 cm³/mol. The van der Waals surface area contributed by atoms with Crippen molar-refractivity contribution >= 4 is 23.9 Å². The van der Waals surface area contributed by atoms with Gasteiger partial charge >= 0.3 is 0 Å². The van der Waals surface area contributed by atoms with E-state index in [-0.39, 0.29) is 11.6 Å². The Morgan fingerprint density at radius 2 is 1.91 bits per heavy atom. The van der Waals surface area contributed by atoms with Crippen molar-refractivity contribution in [3.8, 4) is 11.8 Å². The second-order valence-corrected chi connectivity index (χ2v) is 7.58. The number of aromatic nitrogens is 1. The van der Waals surface area contributed by atoms with Crippen molar-refractivity contribution in [2.24, 2.45) is 0 Å². The Morgan fingerprint density at radius 1 is 1.12 bits per heavy atom. The van der Waals surface area contributed by atoms with Crippen molar-refractivity contribution in [3.05, 3.63) is 76.8 Å². The van der Waals surface area contributed by atoms with Crippen LogP contribution < -0.4 is 9.64 Å². The molecule has 1 amide bonds. The zero-order chi connectivity index (χ0) is 22.5. The highest BCUT2D eigenvalue weighted by molar-refractivity contribution is 5.94. The number of nitrogens with zero attached hydrogens (tertiary/aromatic N) is 4. The summed E-state index contributed by atoms with van der Waals surface area (Å²) in [5.41, 5.74) is 2.93.